The van der Waals surface area contributed by atoms with Crippen molar-refractivity contribution in [3.05, 3.63) is 59.1 Å². The quantitative estimate of drug-likeness (QED) is 0.113. The number of nitrogens with one attached hydrogen (secondary N) is 2. The van der Waals surface area contributed by atoms with E-state index < -0.39 is 56.0 Å². The standard InChI is InChI=1S/C32H41N6O9P/c1-18(2)24(29(41)45-20-12-5-4-6-13-20)37-48(43,47-22-15-9-11-19-10-7-8-14-21(19)22)44-16-23-26(39)32(3,42)30(46-23)38-17-34-25-27(38)35-31(33)36-28(25)40/h7-11,14-15,17-18,20,23-24,26,30,39,42H,4-6,12-13,16H2,1-3H3,(H,37,43)(H3,33,35,36,40)/t23-,24+,26-,30?,32-,48?/m1/s1. The van der Waals surface area contributed by atoms with Crippen LogP contribution in [0.4, 0.5) is 5.95 Å². The lowest BCUT2D eigenvalue weighted by atomic mass is 9.96. The van der Waals surface area contributed by atoms with Gasteiger partial charge in [0.1, 0.15) is 35.7 Å². The van der Waals surface area contributed by atoms with Gasteiger partial charge in [0.25, 0.3) is 5.56 Å². The van der Waals surface area contributed by atoms with E-state index in [1.165, 1.54) is 17.8 Å². The third-order valence-corrected chi connectivity index (χ3v) is 10.4. The number of anilines is 1. The molecule has 48 heavy (non-hydrogen) atoms. The number of benzene rings is 2. The highest BCUT2D eigenvalue weighted by molar-refractivity contribution is 7.52. The molecule has 2 aliphatic rings. The average Bonchev–Trinajstić information content (AvgIpc) is 3.56. The van der Waals surface area contributed by atoms with Crippen LogP contribution in [0.25, 0.3) is 21.9 Å². The smallest absolute Gasteiger partial charge is 0.459 e. The minimum atomic E-state index is -4.43. The van der Waals surface area contributed by atoms with Crippen molar-refractivity contribution in [1.29, 1.82) is 0 Å². The Labute approximate surface area is 276 Å². The van der Waals surface area contributed by atoms with Crippen LogP contribution in [0.3, 0.4) is 0 Å². The van der Waals surface area contributed by atoms with Crippen LogP contribution in [0.15, 0.2) is 53.6 Å². The maximum atomic E-state index is 14.7. The van der Waals surface area contributed by atoms with E-state index in [9.17, 15) is 24.4 Å². The maximum absolute atomic E-state index is 14.7. The SMILES string of the molecule is CC(C)[C@H](NP(=O)(OC[C@H]1OC(n2cnc3c(=O)[nH]c(N)nc32)[C@](C)(O)[C@@H]1O)Oc1cccc2ccccc12)C(=O)OC1CCCCC1. The fourth-order valence-corrected chi connectivity index (χ4v) is 7.91. The first-order valence-corrected chi connectivity index (χ1v) is 17.6. The molecule has 1 aliphatic carbocycles. The van der Waals surface area contributed by atoms with E-state index in [1.54, 1.807) is 32.0 Å². The zero-order valence-corrected chi connectivity index (χ0v) is 27.8. The predicted octanol–water partition coefficient (Wildman–Crippen LogP) is 3.56. The number of aromatic nitrogens is 4. The van der Waals surface area contributed by atoms with E-state index in [-0.39, 0.29) is 34.9 Å². The summed E-state index contributed by atoms with van der Waals surface area (Å²) in [4.78, 5) is 36.3. The number of nitrogens with zero attached hydrogens (tertiary/aromatic N) is 3. The molecule has 2 unspecified atom stereocenters. The minimum absolute atomic E-state index is 0.0261. The van der Waals surface area contributed by atoms with Gasteiger partial charge < -0.3 is 29.9 Å². The molecule has 0 radical (unpaired) electrons. The van der Waals surface area contributed by atoms with E-state index in [2.05, 4.69) is 20.0 Å². The summed E-state index contributed by atoms with van der Waals surface area (Å²) in [5, 5.41) is 26.9. The lowest BCUT2D eigenvalue weighted by Gasteiger charge is -2.30. The van der Waals surface area contributed by atoms with Gasteiger partial charge in [-0.3, -0.25) is 23.7 Å². The molecule has 15 nitrogen and oxygen atoms in total. The second kappa shape index (κ2) is 13.6. The van der Waals surface area contributed by atoms with Crippen molar-refractivity contribution in [2.24, 2.45) is 5.92 Å². The van der Waals surface area contributed by atoms with Crippen LogP contribution in [0, 0.1) is 5.92 Å². The number of hydrogen-bond donors (Lipinski definition) is 5. The Morgan fingerprint density at radius 3 is 2.69 bits per heavy atom. The summed E-state index contributed by atoms with van der Waals surface area (Å²) >= 11 is 0. The van der Waals surface area contributed by atoms with Crippen LogP contribution in [-0.4, -0.2) is 72.3 Å². The Bertz CT molecular complexity index is 1880. The molecule has 0 spiro atoms. The van der Waals surface area contributed by atoms with Crippen molar-refractivity contribution in [2.75, 3.05) is 12.3 Å². The van der Waals surface area contributed by atoms with Gasteiger partial charge in [0.2, 0.25) is 5.95 Å². The number of nitrogen functional groups attached to an aromatic ring is 1. The third-order valence-electron chi connectivity index (χ3n) is 8.89. The molecular formula is C32H41N6O9P. The first kappa shape index (κ1) is 34.0. The number of ether oxygens (including phenoxy) is 2. The number of aliphatic hydroxyl groups is 2. The molecule has 2 aromatic heterocycles. The van der Waals surface area contributed by atoms with Gasteiger partial charge in [-0.15, -0.1) is 0 Å². The van der Waals surface area contributed by atoms with Gasteiger partial charge in [-0.1, -0.05) is 56.7 Å². The molecule has 1 saturated carbocycles. The van der Waals surface area contributed by atoms with Crippen molar-refractivity contribution in [3.63, 3.8) is 0 Å². The maximum Gasteiger partial charge on any atom is 0.459 e. The van der Waals surface area contributed by atoms with E-state index in [1.807, 2.05) is 24.3 Å². The molecule has 1 aliphatic heterocycles. The van der Waals surface area contributed by atoms with Crippen molar-refractivity contribution in [1.82, 2.24) is 24.6 Å². The second-order valence-corrected chi connectivity index (χ2v) is 14.6. The van der Waals surface area contributed by atoms with Gasteiger partial charge in [-0.2, -0.15) is 10.1 Å². The number of carbonyl (C=O) groups is 1. The van der Waals surface area contributed by atoms with Crippen LogP contribution < -0.4 is 20.9 Å². The summed E-state index contributed by atoms with van der Waals surface area (Å²) in [7, 11) is -4.43. The van der Waals surface area contributed by atoms with Crippen molar-refractivity contribution >= 4 is 41.6 Å². The number of carbonyl (C=O) groups excluding carboxylic acids is 1. The van der Waals surface area contributed by atoms with E-state index in [0.29, 0.717) is 5.39 Å². The van der Waals surface area contributed by atoms with Gasteiger partial charge in [-0.25, -0.2) is 9.55 Å². The number of H-pyrrole nitrogens is 1. The molecule has 4 aromatic rings. The molecule has 258 valence electrons. The molecule has 0 amide bonds. The molecule has 6 N–H and O–H groups in total. The lowest BCUT2D eigenvalue weighted by molar-refractivity contribution is -0.153. The Morgan fingerprint density at radius 1 is 1.21 bits per heavy atom. The number of imidazole rings is 1. The van der Waals surface area contributed by atoms with Crippen molar-refractivity contribution in [2.45, 2.75) is 89.1 Å². The molecule has 3 heterocycles. The third kappa shape index (κ3) is 6.84. The summed E-state index contributed by atoms with van der Waals surface area (Å²) < 4.78 is 39.9. The van der Waals surface area contributed by atoms with Crippen molar-refractivity contribution < 1.29 is 38.1 Å². The van der Waals surface area contributed by atoms with Crippen LogP contribution in [0.2, 0.25) is 0 Å². The zero-order chi connectivity index (χ0) is 34.2. The molecule has 1 saturated heterocycles. The first-order chi connectivity index (χ1) is 22.9. The largest absolute Gasteiger partial charge is 0.461 e. The molecular weight excluding hydrogens is 643 g/mol. The fourth-order valence-electron chi connectivity index (χ4n) is 6.22. The van der Waals surface area contributed by atoms with Crippen LogP contribution in [0.5, 0.6) is 5.75 Å². The number of hydrogen-bond acceptors (Lipinski definition) is 12. The summed E-state index contributed by atoms with van der Waals surface area (Å²) in [5.41, 5.74) is 3.18. The topological polar surface area (TPSA) is 213 Å². The van der Waals surface area contributed by atoms with Crippen molar-refractivity contribution in [3.8, 4) is 5.75 Å². The number of fused-ring (bicyclic) bond motifs is 2. The van der Waals surface area contributed by atoms with Crippen LogP contribution in [0.1, 0.15) is 59.1 Å². The molecule has 2 fully saturated rings. The number of aromatic amines is 1. The molecule has 0 bridgehead atoms. The Kier molecular flexibility index (Phi) is 9.62. The number of nitrogens with two attached hydrogens (primary N) is 1. The summed E-state index contributed by atoms with van der Waals surface area (Å²) in [6.45, 7) is 4.38. The van der Waals surface area contributed by atoms with Crippen LogP contribution >= 0.6 is 7.75 Å². The number of rotatable bonds is 11. The van der Waals surface area contributed by atoms with Crippen LogP contribution in [-0.2, 0) is 23.4 Å². The number of aliphatic hydroxyl groups excluding tert-OH is 1. The second-order valence-electron chi connectivity index (χ2n) is 12.9. The van der Waals surface area contributed by atoms with E-state index in [0.717, 1.165) is 37.5 Å². The number of esters is 1. The average molecular weight is 685 g/mol. The normalized spacial score (nSPS) is 25.3. The zero-order valence-electron chi connectivity index (χ0n) is 26.9. The Balaban J connectivity index is 1.28. The van der Waals surface area contributed by atoms with Gasteiger partial charge in [0, 0.05) is 5.39 Å². The van der Waals surface area contributed by atoms with Gasteiger partial charge in [0.15, 0.2) is 17.4 Å². The molecule has 2 aromatic carbocycles. The van der Waals surface area contributed by atoms with Gasteiger partial charge >= 0.3 is 13.7 Å². The lowest BCUT2D eigenvalue weighted by Crippen LogP contribution is -2.45. The summed E-state index contributed by atoms with van der Waals surface area (Å²) in [6, 6.07) is 11.5. The first-order valence-electron chi connectivity index (χ1n) is 16.0. The van der Waals surface area contributed by atoms with Gasteiger partial charge in [-0.05, 0) is 50.0 Å². The van der Waals surface area contributed by atoms with E-state index in [4.69, 9.17) is 24.3 Å². The van der Waals surface area contributed by atoms with Gasteiger partial charge in [0.05, 0.1) is 12.9 Å². The minimum Gasteiger partial charge on any atom is -0.461 e. The Hall–Kier alpha value is -3.85. The summed E-state index contributed by atoms with van der Waals surface area (Å²) in [5.74, 6) is -0.878. The van der Waals surface area contributed by atoms with E-state index >= 15 is 0 Å². The summed E-state index contributed by atoms with van der Waals surface area (Å²) in [6.07, 6.45) is 1.44. The highest BCUT2D eigenvalue weighted by Crippen LogP contribution is 2.49. The molecule has 16 heteroatoms. The highest BCUT2D eigenvalue weighted by Gasteiger charge is 2.54. The Morgan fingerprint density at radius 2 is 1.94 bits per heavy atom. The molecule has 6 rings (SSSR count). The fraction of sp³-hybridized carbons (Fsp3) is 0.500. The highest BCUT2D eigenvalue weighted by atomic mass is 31.2. The molecule has 6 atom stereocenters. The monoisotopic (exact) mass is 684 g/mol. The predicted molar refractivity (Wildman–Crippen MR) is 176 cm³/mol.